The molecular formula is C17H27NO. The minimum Gasteiger partial charge on any atom is -0.388 e. The van der Waals surface area contributed by atoms with E-state index in [4.69, 9.17) is 0 Å². The molecule has 2 heteroatoms. The second kappa shape index (κ2) is 6.53. The van der Waals surface area contributed by atoms with Crippen molar-refractivity contribution in [2.45, 2.75) is 51.7 Å². The number of piperidine rings is 1. The summed E-state index contributed by atoms with van der Waals surface area (Å²) in [6.45, 7) is 7.29. The number of aliphatic hydroxyl groups is 1. The van der Waals surface area contributed by atoms with Gasteiger partial charge in [0.25, 0.3) is 0 Å². The molecule has 1 N–H and O–H groups in total. The number of nitrogens with zero attached hydrogens (tertiary/aromatic N) is 1. The highest BCUT2D eigenvalue weighted by Crippen LogP contribution is 2.33. The number of likely N-dealkylation sites (tertiary alicyclic amines) is 1. The lowest BCUT2D eigenvalue weighted by Gasteiger charge is -2.43. The summed E-state index contributed by atoms with van der Waals surface area (Å²) in [4.78, 5) is 2.41. The first-order chi connectivity index (χ1) is 9.18. The highest BCUT2D eigenvalue weighted by molar-refractivity contribution is 5.14. The topological polar surface area (TPSA) is 23.5 Å². The Morgan fingerprint density at radius 2 is 1.89 bits per heavy atom. The fourth-order valence-corrected chi connectivity index (χ4v) is 3.51. The normalized spacial score (nSPS) is 24.8. The number of β-amino-alcohol motifs (C(OH)–C–C–N with tert-alkyl or cyclic N) is 1. The van der Waals surface area contributed by atoms with Crippen molar-refractivity contribution in [1.82, 2.24) is 4.90 Å². The lowest BCUT2D eigenvalue weighted by Crippen LogP contribution is -2.52. The maximum Gasteiger partial charge on any atom is 0.0802 e. The van der Waals surface area contributed by atoms with E-state index in [-0.39, 0.29) is 0 Å². The molecule has 1 aromatic rings. The molecular weight excluding hydrogens is 234 g/mol. The minimum absolute atomic E-state index is 0.436. The van der Waals surface area contributed by atoms with Gasteiger partial charge in [-0.05, 0) is 30.9 Å². The molecule has 1 aliphatic heterocycles. The zero-order valence-corrected chi connectivity index (χ0v) is 12.3. The first-order valence-corrected chi connectivity index (χ1v) is 7.66. The molecule has 1 fully saturated rings. The zero-order valence-electron chi connectivity index (χ0n) is 12.3. The first kappa shape index (κ1) is 14.5. The van der Waals surface area contributed by atoms with Crippen LogP contribution in [0.2, 0.25) is 0 Å². The fraction of sp³-hybridized carbons (Fsp3) is 0.647. The Morgan fingerprint density at radius 3 is 2.53 bits per heavy atom. The van der Waals surface area contributed by atoms with E-state index in [1.54, 1.807) is 0 Å². The molecule has 0 aromatic heterocycles. The van der Waals surface area contributed by atoms with E-state index < -0.39 is 5.60 Å². The summed E-state index contributed by atoms with van der Waals surface area (Å²) in [5.74, 6) is 0.436. The van der Waals surface area contributed by atoms with E-state index >= 15 is 0 Å². The van der Waals surface area contributed by atoms with Crippen molar-refractivity contribution >= 4 is 0 Å². The van der Waals surface area contributed by atoms with Gasteiger partial charge in [-0.1, -0.05) is 57.0 Å². The summed E-state index contributed by atoms with van der Waals surface area (Å²) in [6, 6.07) is 10.6. The molecule has 1 atom stereocenters. The van der Waals surface area contributed by atoms with Gasteiger partial charge in [-0.25, -0.2) is 0 Å². The van der Waals surface area contributed by atoms with Gasteiger partial charge in [0, 0.05) is 13.1 Å². The monoisotopic (exact) mass is 261 g/mol. The third kappa shape index (κ3) is 3.58. The molecule has 106 valence electrons. The Kier molecular flexibility index (Phi) is 5.00. The second-order valence-corrected chi connectivity index (χ2v) is 5.92. The average Bonchev–Trinajstić information content (AvgIpc) is 2.41. The molecule has 1 saturated heterocycles. The zero-order chi connectivity index (χ0) is 13.7. The van der Waals surface area contributed by atoms with Gasteiger partial charge in [0.2, 0.25) is 0 Å². The van der Waals surface area contributed by atoms with Crippen LogP contribution < -0.4 is 0 Å². The Hall–Kier alpha value is -0.860. The highest BCUT2D eigenvalue weighted by Gasteiger charge is 2.38. The van der Waals surface area contributed by atoms with Crippen molar-refractivity contribution in [3.05, 3.63) is 35.9 Å². The lowest BCUT2D eigenvalue weighted by molar-refractivity contribution is -0.0789. The van der Waals surface area contributed by atoms with Gasteiger partial charge in [-0.3, -0.25) is 4.90 Å². The molecule has 0 radical (unpaired) electrons. The molecule has 0 aliphatic carbocycles. The second-order valence-electron chi connectivity index (χ2n) is 5.92. The average molecular weight is 261 g/mol. The molecule has 0 saturated carbocycles. The van der Waals surface area contributed by atoms with Crippen molar-refractivity contribution in [2.24, 2.45) is 5.92 Å². The maximum absolute atomic E-state index is 10.9. The number of rotatable bonds is 5. The molecule has 0 amide bonds. The van der Waals surface area contributed by atoms with Crippen LogP contribution in [0.15, 0.2) is 30.3 Å². The first-order valence-electron chi connectivity index (χ1n) is 7.66. The molecule has 1 aliphatic rings. The SMILES string of the molecule is CCC(CC)C1(O)CCCN(Cc2ccccc2)C1. The summed E-state index contributed by atoms with van der Waals surface area (Å²) in [6.07, 6.45) is 4.23. The third-order valence-corrected chi connectivity index (χ3v) is 4.58. The van der Waals surface area contributed by atoms with E-state index in [0.29, 0.717) is 5.92 Å². The van der Waals surface area contributed by atoms with E-state index in [2.05, 4.69) is 49.1 Å². The van der Waals surface area contributed by atoms with Gasteiger partial charge < -0.3 is 5.11 Å². The van der Waals surface area contributed by atoms with Crippen LogP contribution in [-0.4, -0.2) is 28.7 Å². The molecule has 1 unspecified atom stereocenters. The van der Waals surface area contributed by atoms with Crippen LogP contribution in [0.1, 0.15) is 45.1 Å². The smallest absolute Gasteiger partial charge is 0.0802 e. The van der Waals surface area contributed by atoms with Gasteiger partial charge in [0.1, 0.15) is 0 Å². The Morgan fingerprint density at radius 1 is 1.21 bits per heavy atom. The maximum atomic E-state index is 10.9. The molecule has 0 bridgehead atoms. The molecule has 2 rings (SSSR count). The van der Waals surface area contributed by atoms with Crippen molar-refractivity contribution in [3.8, 4) is 0 Å². The molecule has 0 spiro atoms. The highest BCUT2D eigenvalue weighted by atomic mass is 16.3. The van der Waals surface area contributed by atoms with Gasteiger partial charge >= 0.3 is 0 Å². The largest absolute Gasteiger partial charge is 0.388 e. The lowest BCUT2D eigenvalue weighted by atomic mass is 9.78. The summed E-state index contributed by atoms with van der Waals surface area (Å²) >= 11 is 0. The van der Waals surface area contributed by atoms with Crippen LogP contribution in [0.25, 0.3) is 0 Å². The predicted octanol–water partition coefficient (Wildman–Crippen LogP) is 3.45. The van der Waals surface area contributed by atoms with Crippen molar-refractivity contribution in [3.63, 3.8) is 0 Å². The quantitative estimate of drug-likeness (QED) is 0.877. The van der Waals surface area contributed by atoms with E-state index in [0.717, 1.165) is 45.3 Å². The standard InChI is InChI=1S/C17H27NO/c1-3-16(4-2)17(19)11-8-12-18(14-17)13-15-9-6-5-7-10-15/h5-7,9-10,16,19H,3-4,8,11-14H2,1-2H3. The molecule has 2 nitrogen and oxygen atoms in total. The number of hydrogen-bond donors (Lipinski definition) is 1. The van der Waals surface area contributed by atoms with Crippen LogP contribution in [-0.2, 0) is 6.54 Å². The van der Waals surface area contributed by atoms with Crippen LogP contribution in [0.3, 0.4) is 0 Å². The molecule has 19 heavy (non-hydrogen) atoms. The molecule has 1 aromatic carbocycles. The van der Waals surface area contributed by atoms with Crippen molar-refractivity contribution in [2.75, 3.05) is 13.1 Å². The van der Waals surface area contributed by atoms with Gasteiger partial charge in [0.15, 0.2) is 0 Å². The molecule has 1 heterocycles. The van der Waals surface area contributed by atoms with Gasteiger partial charge in [0.05, 0.1) is 5.60 Å². The predicted molar refractivity (Wildman–Crippen MR) is 80.0 cm³/mol. The summed E-state index contributed by atoms with van der Waals surface area (Å²) in [5, 5.41) is 10.9. The third-order valence-electron chi connectivity index (χ3n) is 4.58. The van der Waals surface area contributed by atoms with Gasteiger partial charge in [-0.15, -0.1) is 0 Å². The van der Waals surface area contributed by atoms with Gasteiger partial charge in [-0.2, -0.15) is 0 Å². The van der Waals surface area contributed by atoms with Crippen LogP contribution in [0, 0.1) is 5.92 Å². The van der Waals surface area contributed by atoms with Crippen LogP contribution >= 0.6 is 0 Å². The van der Waals surface area contributed by atoms with Crippen LogP contribution in [0.4, 0.5) is 0 Å². The Balaban J connectivity index is 2.00. The minimum atomic E-state index is -0.476. The number of benzene rings is 1. The number of hydrogen-bond acceptors (Lipinski definition) is 2. The Labute approximate surface area is 117 Å². The summed E-state index contributed by atoms with van der Waals surface area (Å²) in [7, 11) is 0. The Bertz CT molecular complexity index is 374. The van der Waals surface area contributed by atoms with Crippen LogP contribution in [0.5, 0.6) is 0 Å². The van der Waals surface area contributed by atoms with Crippen molar-refractivity contribution in [1.29, 1.82) is 0 Å². The summed E-state index contributed by atoms with van der Waals surface area (Å²) < 4.78 is 0. The van der Waals surface area contributed by atoms with E-state index in [9.17, 15) is 5.11 Å². The summed E-state index contributed by atoms with van der Waals surface area (Å²) in [5.41, 5.74) is 0.868. The van der Waals surface area contributed by atoms with E-state index in [1.165, 1.54) is 5.56 Å². The van der Waals surface area contributed by atoms with E-state index in [1.807, 2.05) is 0 Å². The fourth-order valence-electron chi connectivity index (χ4n) is 3.51. The van der Waals surface area contributed by atoms with Crippen molar-refractivity contribution < 1.29 is 5.11 Å².